The number of nitrogens with zero attached hydrogens (tertiary/aromatic N) is 3. The van der Waals surface area contributed by atoms with E-state index in [4.69, 9.17) is 9.47 Å². The first-order valence-electron chi connectivity index (χ1n) is 16.7. The fraction of sp³-hybridized carbons (Fsp3) is 0.395. The van der Waals surface area contributed by atoms with Crippen molar-refractivity contribution in [2.45, 2.75) is 50.4 Å². The smallest absolute Gasteiger partial charge is 0.253 e. The van der Waals surface area contributed by atoms with Gasteiger partial charge in [0.15, 0.2) is 0 Å². The molecule has 9 heteroatoms. The van der Waals surface area contributed by atoms with Gasteiger partial charge < -0.3 is 29.3 Å². The standard InChI is InChI=1S/C38H41N3O6/c1-2-46-30-18-16-28(17-19-30)39-22-9-13-31-32(35(39)43)33-36(44)41(21-7-3-4-8-24-42)34-37(45)40(23-10-20-38(33,34)47-31)29-15-14-26-11-5-6-12-27(26)25-29/h5-6,9-20,25,31-34,42H,2-4,7-8,21-24H2,1H3/t31-,32+,33+,34?,38+/m1/s1. The number of likely N-dealkylation sites (tertiary alicyclic amines) is 1. The largest absolute Gasteiger partial charge is 0.494 e. The number of aliphatic hydroxyl groups is 1. The molecule has 1 unspecified atom stereocenters. The number of aliphatic hydroxyl groups excluding tert-OH is 1. The van der Waals surface area contributed by atoms with E-state index >= 15 is 0 Å². The first-order valence-corrected chi connectivity index (χ1v) is 16.7. The Hall–Kier alpha value is -4.47. The van der Waals surface area contributed by atoms with Crippen molar-refractivity contribution in [2.75, 3.05) is 42.6 Å². The molecular weight excluding hydrogens is 594 g/mol. The van der Waals surface area contributed by atoms with Crippen molar-refractivity contribution >= 4 is 39.9 Å². The van der Waals surface area contributed by atoms with Gasteiger partial charge in [0.25, 0.3) is 5.91 Å². The van der Waals surface area contributed by atoms with Crippen molar-refractivity contribution in [3.05, 3.63) is 91.0 Å². The summed E-state index contributed by atoms with van der Waals surface area (Å²) in [4.78, 5) is 49.0. The topological polar surface area (TPSA) is 99.6 Å². The summed E-state index contributed by atoms with van der Waals surface area (Å²) in [7, 11) is 0. The molecule has 3 aromatic rings. The molecule has 4 heterocycles. The van der Waals surface area contributed by atoms with Crippen molar-refractivity contribution in [3.8, 4) is 5.75 Å². The van der Waals surface area contributed by atoms with E-state index in [0.29, 0.717) is 44.8 Å². The Bertz CT molecular complexity index is 1720. The summed E-state index contributed by atoms with van der Waals surface area (Å²) in [6.45, 7) is 3.62. The Morgan fingerprint density at radius 1 is 0.830 bits per heavy atom. The zero-order valence-corrected chi connectivity index (χ0v) is 26.7. The molecule has 1 N–H and O–H groups in total. The third-order valence-electron chi connectivity index (χ3n) is 9.97. The maximum Gasteiger partial charge on any atom is 0.253 e. The van der Waals surface area contributed by atoms with Crippen LogP contribution in [0, 0.1) is 11.8 Å². The lowest BCUT2D eigenvalue weighted by molar-refractivity contribution is -0.140. The number of unbranched alkanes of at least 4 members (excludes halogenated alkanes) is 3. The molecule has 3 amide bonds. The van der Waals surface area contributed by atoms with Crippen LogP contribution >= 0.6 is 0 Å². The number of fused-ring (bicyclic) bond motifs is 3. The zero-order valence-electron chi connectivity index (χ0n) is 26.7. The second-order valence-electron chi connectivity index (χ2n) is 12.7. The molecule has 0 bridgehead atoms. The van der Waals surface area contributed by atoms with Crippen molar-refractivity contribution in [2.24, 2.45) is 11.8 Å². The van der Waals surface area contributed by atoms with Crippen LogP contribution in [0.5, 0.6) is 5.75 Å². The molecule has 0 aromatic heterocycles. The average molecular weight is 636 g/mol. The lowest BCUT2D eigenvalue weighted by atomic mass is 9.77. The molecule has 1 spiro atoms. The SMILES string of the molecule is CCOc1ccc(N2CC=C[C@H]3O[C@]45C=CCN(c6ccc7ccccc7c6)C(=O)C4N(CCCCCCO)C(=O)[C@@H]5[C@H]3C2=O)cc1. The Balaban J connectivity index is 1.25. The molecule has 2 saturated heterocycles. The van der Waals surface area contributed by atoms with E-state index in [1.165, 1.54) is 0 Å². The van der Waals surface area contributed by atoms with Crippen LogP contribution < -0.4 is 14.5 Å². The molecule has 0 aliphatic carbocycles. The van der Waals surface area contributed by atoms with Crippen LogP contribution in [0.15, 0.2) is 91.0 Å². The number of rotatable bonds is 10. The number of benzene rings is 3. The predicted octanol–water partition coefficient (Wildman–Crippen LogP) is 4.88. The van der Waals surface area contributed by atoms with E-state index in [0.717, 1.165) is 35.1 Å². The first kappa shape index (κ1) is 31.1. The van der Waals surface area contributed by atoms with E-state index in [-0.39, 0.29) is 24.3 Å². The van der Waals surface area contributed by atoms with Gasteiger partial charge in [-0.25, -0.2) is 0 Å². The van der Waals surface area contributed by atoms with Crippen LogP contribution in [-0.2, 0) is 19.1 Å². The summed E-state index contributed by atoms with van der Waals surface area (Å²) in [6, 6.07) is 20.5. The quantitative estimate of drug-likeness (QED) is 0.252. The molecule has 47 heavy (non-hydrogen) atoms. The summed E-state index contributed by atoms with van der Waals surface area (Å²) in [5.41, 5.74) is 0.170. The molecule has 0 saturated carbocycles. The van der Waals surface area contributed by atoms with Crippen LogP contribution in [0.1, 0.15) is 32.6 Å². The van der Waals surface area contributed by atoms with Crippen LogP contribution in [-0.4, -0.2) is 78.3 Å². The fourth-order valence-corrected chi connectivity index (χ4v) is 7.82. The van der Waals surface area contributed by atoms with Gasteiger partial charge in [0.05, 0.1) is 24.5 Å². The minimum Gasteiger partial charge on any atom is -0.494 e. The summed E-state index contributed by atoms with van der Waals surface area (Å²) < 4.78 is 12.4. The molecule has 4 aliphatic rings. The second-order valence-corrected chi connectivity index (χ2v) is 12.7. The van der Waals surface area contributed by atoms with Gasteiger partial charge in [-0.1, -0.05) is 67.5 Å². The third-order valence-corrected chi connectivity index (χ3v) is 9.97. The number of amides is 3. The van der Waals surface area contributed by atoms with Gasteiger partial charge in [-0.15, -0.1) is 0 Å². The van der Waals surface area contributed by atoms with Gasteiger partial charge in [-0.2, -0.15) is 0 Å². The average Bonchev–Trinajstić information content (AvgIpc) is 3.39. The summed E-state index contributed by atoms with van der Waals surface area (Å²) in [5.74, 6) is -1.56. The minimum atomic E-state index is -1.29. The predicted molar refractivity (Wildman–Crippen MR) is 180 cm³/mol. The Morgan fingerprint density at radius 2 is 1.55 bits per heavy atom. The number of ether oxygens (including phenoxy) is 2. The van der Waals surface area contributed by atoms with Crippen LogP contribution in [0.25, 0.3) is 10.8 Å². The van der Waals surface area contributed by atoms with Gasteiger partial charge in [-0.3, -0.25) is 14.4 Å². The fourth-order valence-electron chi connectivity index (χ4n) is 7.82. The second kappa shape index (κ2) is 13.0. The normalized spacial score (nSPS) is 26.8. The zero-order chi connectivity index (χ0) is 32.5. The Kier molecular flexibility index (Phi) is 8.59. The number of anilines is 2. The molecule has 244 valence electrons. The highest BCUT2D eigenvalue weighted by Gasteiger charge is 2.71. The molecule has 4 aliphatic heterocycles. The summed E-state index contributed by atoms with van der Waals surface area (Å²) in [6.07, 6.45) is 9.97. The van der Waals surface area contributed by atoms with Crippen molar-refractivity contribution in [1.29, 1.82) is 0 Å². The van der Waals surface area contributed by atoms with Crippen LogP contribution in [0.2, 0.25) is 0 Å². The highest BCUT2D eigenvalue weighted by Crippen LogP contribution is 2.54. The van der Waals surface area contributed by atoms with Gasteiger partial charge in [0.2, 0.25) is 11.8 Å². The molecule has 5 atom stereocenters. The molecule has 7 rings (SSSR count). The maximum absolute atomic E-state index is 14.8. The summed E-state index contributed by atoms with van der Waals surface area (Å²) in [5, 5.41) is 11.4. The van der Waals surface area contributed by atoms with E-state index in [1.54, 1.807) is 14.7 Å². The minimum absolute atomic E-state index is 0.123. The Morgan fingerprint density at radius 3 is 2.34 bits per heavy atom. The first-order chi connectivity index (χ1) is 23.0. The van der Waals surface area contributed by atoms with Crippen molar-refractivity contribution < 1.29 is 29.0 Å². The maximum atomic E-state index is 14.8. The lowest BCUT2D eigenvalue weighted by Gasteiger charge is -2.35. The number of hydrogen-bond acceptors (Lipinski definition) is 6. The number of hydrogen-bond donors (Lipinski definition) is 1. The molecule has 2 fully saturated rings. The van der Waals surface area contributed by atoms with Gasteiger partial charge in [-0.05, 0) is 66.9 Å². The number of carbonyl (C=O) groups excluding carboxylic acids is 3. The Labute approximate surface area is 275 Å². The van der Waals surface area contributed by atoms with E-state index in [2.05, 4.69) is 0 Å². The van der Waals surface area contributed by atoms with Crippen LogP contribution in [0.3, 0.4) is 0 Å². The third kappa shape index (κ3) is 5.41. The number of carbonyl (C=O) groups is 3. The van der Waals surface area contributed by atoms with Gasteiger partial charge >= 0.3 is 0 Å². The molecule has 0 radical (unpaired) electrons. The highest BCUT2D eigenvalue weighted by atomic mass is 16.5. The van der Waals surface area contributed by atoms with E-state index in [9.17, 15) is 19.5 Å². The lowest BCUT2D eigenvalue weighted by Crippen LogP contribution is -2.55. The molecule has 9 nitrogen and oxygen atoms in total. The van der Waals surface area contributed by atoms with Gasteiger partial charge in [0.1, 0.15) is 17.4 Å². The van der Waals surface area contributed by atoms with Crippen molar-refractivity contribution in [1.82, 2.24) is 4.90 Å². The van der Waals surface area contributed by atoms with Gasteiger partial charge in [0, 0.05) is 37.6 Å². The van der Waals surface area contributed by atoms with Crippen molar-refractivity contribution in [3.63, 3.8) is 0 Å². The monoisotopic (exact) mass is 635 g/mol. The summed E-state index contributed by atoms with van der Waals surface area (Å²) >= 11 is 0. The van der Waals surface area contributed by atoms with E-state index < -0.39 is 29.6 Å². The van der Waals surface area contributed by atoms with Crippen LogP contribution in [0.4, 0.5) is 11.4 Å². The molecule has 3 aromatic carbocycles. The molecular formula is C38H41N3O6. The highest BCUT2D eigenvalue weighted by molar-refractivity contribution is 6.08. The van der Waals surface area contributed by atoms with E-state index in [1.807, 2.05) is 98.0 Å².